The molecule has 0 spiro atoms. The molecular weight excluding hydrogens is 359 g/mol. The lowest BCUT2D eigenvalue weighted by molar-refractivity contribution is -0.0328. The van der Waals surface area contributed by atoms with E-state index in [0.717, 1.165) is 34.7 Å². The summed E-state index contributed by atoms with van der Waals surface area (Å²) in [6.45, 7) is 6.88. The molecule has 2 aromatic carbocycles. The fourth-order valence-corrected chi connectivity index (χ4v) is 2.75. The quantitative estimate of drug-likeness (QED) is 0.363. The summed E-state index contributed by atoms with van der Waals surface area (Å²) in [5.41, 5.74) is 0.289. The van der Waals surface area contributed by atoms with Crippen molar-refractivity contribution in [3.8, 4) is 0 Å². The molecular formula is C19H22F3N3S. The highest BCUT2D eigenvalue weighted by Gasteiger charge is 2.28. The van der Waals surface area contributed by atoms with Crippen LogP contribution in [0.1, 0.15) is 18.1 Å². The molecule has 2 rings (SSSR count). The Morgan fingerprint density at radius 1 is 1.12 bits per heavy atom. The van der Waals surface area contributed by atoms with E-state index in [1.165, 1.54) is 12.1 Å². The Morgan fingerprint density at radius 2 is 1.77 bits per heavy atom. The normalized spacial score (nSPS) is 11.8. The molecule has 0 aliphatic rings. The molecule has 1 N–H and O–H groups in total. The average Bonchev–Trinajstić information content (AvgIpc) is 2.56. The minimum atomic E-state index is -4.27. The molecule has 0 saturated carbocycles. The van der Waals surface area contributed by atoms with E-state index in [4.69, 9.17) is 0 Å². The summed E-state index contributed by atoms with van der Waals surface area (Å²) in [7, 11) is 1.96. The summed E-state index contributed by atoms with van der Waals surface area (Å²) in [4.78, 5) is 6.65. The molecule has 0 bridgehead atoms. The van der Waals surface area contributed by atoms with Crippen LogP contribution in [0.15, 0.2) is 46.3 Å². The highest BCUT2D eigenvalue weighted by atomic mass is 32.2. The van der Waals surface area contributed by atoms with Gasteiger partial charge in [-0.25, -0.2) is 4.99 Å². The molecule has 26 heavy (non-hydrogen) atoms. The number of alkyl halides is 3. The molecule has 0 aromatic heterocycles. The maximum Gasteiger partial charge on any atom is 0.446 e. The molecule has 3 nitrogen and oxygen atoms in total. The second-order valence-corrected chi connectivity index (χ2v) is 7.11. The van der Waals surface area contributed by atoms with Gasteiger partial charge >= 0.3 is 5.51 Å². The van der Waals surface area contributed by atoms with Gasteiger partial charge in [-0.05, 0) is 80.1 Å². The van der Waals surface area contributed by atoms with Gasteiger partial charge in [0.1, 0.15) is 0 Å². The Kier molecular flexibility index (Phi) is 6.58. The van der Waals surface area contributed by atoms with Crippen molar-refractivity contribution in [2.75, 3.05) is 18.9 Å². The number of benzene rings is 2. The van der Waals surface area contributed by atoms with Crippen LogP contribution in [0.3, 0.4) is 0 Å². The Balaban J connectivity index is 2.14. The third-order valence-corrected chi connectivity index (χ3v) is 4.54. The van der Waals surface area contributed by atoms with Crippen molar-refractivity contribution in [2.24, 2.45) is 4.99 Å². The molecule has 2 aromatic rings. The van der Waals surface area contributed by atoms with E-state index in [0.29, 0.717) is 0 Å². The Bertz CT molecular complexity index is 771. The van der Waals surface area contributed by atoms with Crippen LogP contribution in [0.4, 0.5) is 30.2 Å². The van der Waals surface area contributed by atoms with Crippen molar-refractivity contribution in [2.45, 2.75) is 31.2 Å². The van der Waals surface area contributed by atoms with Crippen LogP contribution in [-0.4, -0.2) is 30.3 Å². The van der Waals surface area contributed by atoms with Gasteiger partial charge in [0.25, 0.3) is 0 Å². The van der Waals surface area contributed by atoms with Crippen molar-refractivity contribution in [1.29, 1.82) is 0 Å². The first-order valence-corrected chi connectivity index (χ1v) is 8.98. The van der Waals surface area contributed by atoms with E-state index in [1.54, 1.807) is 18.5 Å². The van der Waals surface area contributed by atoms with Gasteiger partial charge in [0.2, 0.25) is 0 Å². The maximum absolute atomic E-state index is 12.4. The number of hydrogen-bond donors (Lipinski definition) is 1. The zero-order chi connectivity index (χ0) is 19.3. The summed E-state index contributed by atoms with van der Waals surface area (Å²) >= 11 is -0.115. The Hall–Kier alpha value is -2.15. The second kappa shape index (κ2) is 8.49. The standard InChI is InChI=1S/C19H22F3N3S/c1-5-25(4)12-23-17-10-14(3)18(11-13(17)2)24-15-6-8-16(9-7-15)26-19(20,21)22/h6-12,24H,5H2,1-4H3. The topological polar surface area (TPSA) is 27.6 Å². The predicted octanol–water partition coefficient (Wildman–Crippen LogP) is 6.27. The van der Waals surface area contributed by atoms with Crippen LogP contribution >= 0.6 is 11.8 Å². The lowest BCUT2D eigenvalue weighted by Crippen LogP contribution is -2.14. The minimum Gasteiger partial charge on any atom is -0.366 e. The Labute approximate surface area is 156 Å². The first kappa shape index (κ1) is 20.2. The van der Waals surface area contributed by atoms with E-state index in [-0.39, 0.29) is 16.7 Å². The molecule has 0 heterocycles. The fraction of sp³-hybridized carbons (Fsp3) is 0.316. The first-order chi connectivity index (χ1) is 12.2. The van der Waals surface area contributed by atoms with Crippen LogP contribution in [-0.2, 0) is 0 Å². The smallest absolute Gasteiger partial charge is 0.366 e. The summed E-state index contributed by atoms with van der Waals surface area (Å²) < 4.78 is 37.2. The number of nitrogens with zero attached hydrogens (tertiary/aromatic N) is 2. The van der Waals surface area contributed by atoms with Gasteiger partial charge in [0, 0.05) is 29.9 Å². The van der Waals surface area contributed by atoms with Gasteiger partial charge in [-0.3, -0.25) is 0 Å². The van der Waals surface area contributed by atoms with Crippen LogP contribution in [0.25, 0.3) is 0 Å². The molecule has 0 aliphatic heterocycles. The van der Waals surface area contributed by atoms with Gasteiger partial charge in [-0.2, -0.15) is 13.2 Å². The number of rotatable bonds is 6. The number of halogens is 3. The zero-order valence-electron chi connectivity index (χ0n) is 15.2. The lowest BCUT2D eigenvalue weighted by Gasteiger charge is -2.14. The summed E-state index contributed by atoms with van der Waals surface area (Å²) in [6.07, 6.45) is 1.80. The number of hydrogen-bond acceptors (Lipinski definition) is 3. The molecule has 0 aliphatic carbocycles. The molecule has 0 radical (unpaired) electrons. The largest absolute Gasteiger partial charge is 0.446 e. The highest BCUT2D eigenvalue weighted by molar-refractivity contribution is 8.00. The van der Waals surface area contributed by atoms with E-state index >= 15 is 0 Å². The van der Waals surface area contributed by atoms with Crippen LogP contribution in [0.2, 0.25) is 0 Å². The summed E-state index contributed by atoms with van der Waals surface area (Å²) in [6, 6.07) is 10.2. The number of aryl methyl sites for hydroxylation is 2. The molecule has 7 heteroatoms. The number of anilines is 2. The van der Waals surface area contributed by atoms with Crippen molar-refractivity contribution in [3.63, 3.8) is 0 Å². The van der Waals surface area contributed by atoms with Crippen molar-refractivity contribution in [3.05, 3.63) is 47.5 Å². The molecule has 0 atom stereocenters. The third-order valence-electron chi connectivity index (χ3n) is 3.80. The lowest BCUT2D eigenvalue weighted by atomic mass is 10.1. The van der Waals surface area contributed by atoms with Gasteiger partial charge in [0.15, 0.2) is 0 Å². The van der Waals surface area contributed by atoms with Crippen molar-refractivity contribution < 1.29 is 13.2 Å². The second-order valence-electron chi connectivity index (χ2n) is 5.97. The zero-order valence-corrected chi connectivity index (χ0v) is 16.0. The van der Waals surface area contributed by atoms with Crippen LogP contribution in [0, 0.1) is 13.8 Å². The fourth-order valence-electron chi connectivity index (χ4n) is 2.21. The third kappa shape index (κ3) is 5.98. The highest BCUT2D eigenvalue weighted by Crippen LogP contribution is 2.37. The molecule has 0 fully saturated rings. The Morgan fingerprint density at radius 3 is 2.35 bits per heavy atom. The minimum absolute atomic E-state index is 0.115. The molecule has 0 amide bonds. The monoisotopic (exact) mass is 381 g/mol. The molecule has 140 valence electrons. The number of nitrogens with one attached hydrogen (secondary N) is 1. The summed E-state index contributed by atoms with van der Waals surface area (Å²) in [5, 5.41) is 3.25. The maximum atomic E-state index is 12.4. The van der Waals surface area contributed by atoms with Crippen molar-refractivity contribution >= 4 is 35.2 Å². The van der Waals surface area contributed by atoms with Crippen molar-refractivity contribution in [1.82, 2.24) is 4.90 Å². The molecule has 0 saturated heterocycles. The SMILES string of the molecule is CCN(C)C=Nc1cc(C)c(Nc2ccc(SC(F)(F)F)cc2)cc1C. The molecule has 0 unspecified atom stereocenters. The van der Waals surface area contributed by atoms with Gasteiger partial charge in [0.05, 0.1) is 12.0 Å². The van der Waals surface area contributed by atoms with Crippen LogP contribution in [0.5, 0.6) is 0 Å². The summed E-state index contributed by atoms with van der Waals surface area (Å²) in [5.74, 6) is 0. The number of thioether (sulfide) groups is 1. The average molecular weight is 381 g/mol. The first-order valence-electron chi connectivity index (χ1n) is 8.16. The van der Waals surface area contributed by atoms with E-state index in [1.807, 2.05) is 37.9 Å². The van der Waals surface area contributed by atoms with Gasteiger partial charge in [-0.15, -0.1) is 0 Å². The van der Waals surface area contributed by atoms with E-state index < -0.39 is 5.51 Å². The van der Waals surface area contributed by atoms with Gasteiger partial charge in [-0.1, -0.05) is 0 Å². The predicted molar refractivity (Wildman–Crippen MR) is 104 cm³/mol. The van der Waals surface area contributed by atoms with E-state index in [9.17, 15) is 13.2 Å². The van der Waals surface area contributed by atoms with Crippen LogP contribution < -0.4 is 5.32 Å². The van der Waals surface area contributed by atoms with E-state index in [2.05, 4.69) is 17.2 Å². The van der Waals surface area contributed by atoms with Gasteiger partial charge < -0.3 is 10.2 Å². The number of aliphatic imine (C=N–C) groups is 1.